The monoisotopic (exact) mass is 257 g/mol. The van der Waals surface area contributed by atoms with Crippen molar-refractivity contribution in [3.05, 3.63) is 30.1 Å². The Morgan fingerprint density at radius 3 is 2.76 bits per heavy atom. The number of rotatable bonds is 6. The fourth-order valence-electron chi connectivity index (χ4n) is 1.38. The molecule has 1 aromatic heterocycles. The molecule has 1 N–H and O–H groups in total. The molecular weight excluding hydrogens is 242 g/mol. The zero-order valence-electron chi connectivity index (χ0n) is 9.54. The zero-order chi connectivity index (χ0) is 12.9. The maximum Gasteiger partial charge on any atom is 0.304 e. The summed E-state index contributed by atoms with van der Waals surface area (Å²) >= 11 is 0. The minimum Gasteiger partial charge on any atom is -0.481 e. The molecule has 1 unspecified atom stereocenters. The molecule has 0 aliphatic carbocycles. The van der Waals surface area contributed by atoms with Crippen molar-refractivity contribution in [1.29, 1.82) is 0 Å². The lowest BCUT2D eigenvalue weighted by Crippen LogP contribution is -2.24. The molecule has 1 rings (SSSR count). The molecule has 6 heteroatoms. The lowest BCUT2D eigenvalue weighted by Gasteiger charge is -2.10. The lowest BCUT2D eigenvalue weighted by atomic mass is 10.2. The first-order valence-electron chi connectivity index (χ1n) is 5.24. The minimum absolute atomic E-state index is 0.0485. The van der Waals surface area contributed by atoms with Crippen molar-refractivity contribution in [3.63, 3.8) is 0 Å². The van der Waals surface area contributed by atoms with Crippen LogP contribution < -0.4 is 0 Å². The Hall–Kier alpha value is -1.43. The van der Waals surface area contributed by atoms with Gasteiger partial charge in [0, 0.05) is 12.4 Å². The van der Waals surface area contributed by atoms with Crippen molar-refractivity contribution >= 4 is 15.8 Å². The van der Waals surface area contributed by atoms with Crippen molar-refractivity contribution < 1.29 is 18.3 Å². The summed E-state index contributed by atoms with van der Waals surface area (Å²) in [4.78, 5) is 14.3. The Bertz CT molecular complexity index is 470. The average Bonchev–Trinajstić information content (AvgIpc) is 2.27. The van der Waals surface area contributed by atoms with Crippen molar-refractivity contribution in [2.24, 2.45) is 0 Å². The Morgan fingerprint density at radius 2 is 2.24 bits per heavy atom. The van der Waals surface area contributed by atoms with E-state index in [0.717, 1.165) is 5.56 Å². The molecule has 0 saturated heterocycles. The fourth-order valence-corrected chi connectivity index (χ4v) is 2.70. The maximum absolute atomic E-state index is 11.8. The molecule has 0 spiro atoms. The molecule has 1 heterocycles. The van der Waals surface area contributed by atoms with E-state index in [2.05, 4.69) is 4.98 Å². The molecular formula is C11H15NO4S. The quantitative estimate of drug-likeness (QED) is 0.818. The van der Waals surface area contributed by atoms with Gasteiger partial charge < -0.3 is 5.11 Å². The third-order valence-electron chi connectivity index (χ3n) is 2.47. The van der Waals surface area contributed by atoms with Gasteiger partial charge in [-0.15, -0.1) is 0 Å². The molecule has 0 fully saturated rings. The highest BCUT2D eigenvalue weighted by Crippen LogP contribution is 2.09. The molecule has 0 aliphatic rings. The van der Waals surface area contributed by atoms with Crippen LogP contribution in [0.25, 0.3) is 0 Å². The van der Waals surface area contributed by atoms with Gasteiger partial charge >= 0.3 is 5.97 Å². The number of aliphatic carboxylic acids is 1. The predicted octanol–water partition coefficient (Wildman–Crippen LogP) is 0.902. The van der Waals surface area contributed by atoms with Crippen LogP contribution in [-0.4, -0.2) is 35.5 Å². The zero-order valence-corrected chi connectivity index (χ0v) is 10.4. The van der Waals surface area contributed by atoms with Crippen molar-refractivity contribution in [2.45, 2.75) is 25.0 Å². The van der Waals surface area contributed by atoms with E-state index in [1.165, 1.54) is 6.92 Å². The number of carboxylic acids is 1. The summed E-state index contributed by atoms with van der Waals surface area (Å²) in [7, 11) is -3.36. The Kier molecular flexibility index (Phi) is 4.62. The van der Waals surface area contributed by atoms with Gasteiger partial charge in [0.1, 0.15) is 0 Å². The molecule has 0 aliphatic heterocycles. The summed E-state index contributed by atoms with van der Waals surface area (Å²) in [6, 6.07) is 3.53. The summed E-state index contributed by atoms with van der Waals surface area (Å²) in [6.07, 6.45) is 3.23. The number of hydrogen-bond acceptors (Lipinski definition) is 4. The van der Waals surface area contributed by atoms with Crippen LogP contribution in [0.4, 0.5) is 0 Å². The second-order valence-corrected chi connectivity index (χ2v) is 6.43. The second-order valence-electron chi connectivity index (χ2n) is 3.89. The first-order valence-corrected chi connectivity index (χ1v) is 6.95. The Morgan fingerprint density at radius 1 is 1.53 bits per heavy atom. The lowest BCUT2D eigenvalue weighted by molar-refractivity contribution is -0.136. The van der Waals surface area contributed by atoms with Gasteiger partial charge in [-0.1, -0.05) is 6.07 Å². The van der Waals surface area contributed by atoms with Gasteiger partial charge in [0.2, 0.25) is 0 Å². The van der Waals surface area contributed by atoms with Crippen LogP contribution in [0, 0.1) is 0 Å². The number of sulfone groups is 1. The Balaban J connectivity index is 2.59. The molecule has 17 heavy (non-hydrogen) atoms. The van der Waals surface area contributed by atoms with E-state index in [0.29, 0.717) is 6.42 Å². The summed E-state index contributed by atoms with van der Waals surface area (Å²) in [5.41, 5.74) is 0.832. The van der Waals surface area contributed by atoms with Gasteiger partial charge in [-0.2, -0.15) is 0 Å². The maximum atomic E-state index is 11.8. The third-order valence-corrected chi connectivity index (χ3v) is 4.64. The summed E-state index contributed by atoms with van der Waals surface area (Å²) < 4.78 is 23.5. The topological polar surface area (TPSA) is 84.3 Å². The van der Waals surface area contributed by atoms with Crippen LogP contribution in [0.2, 0.25) is 0 Å². The smallest absolute Gasteiger partial charge is 0.304 e. The molecule has 1 atom stereocenters. The number of hydrogen-bond donors (Lipinski definition) is 1. The number of pyridine rings is 1. The van der Waals surface area contributed by atoms with Gasteiger partial charge in [-0.25, -0.2) is 8.42 Å². The van der Waals surface area contributed by atoms with Gasteiger partial charge in [0.25, 0.3) is 0 Å². The molecule has 1 aromatic rings. The van der Waals surface area contributed by atoms with E-state index in [1.54, 1.807) is 24.5 Å². The van der Waals surface area contributed by atoms with E-state index in [-0.39, 0.29) is 12.2 Å². The Labute approximate surface area is 100 Å². The molecule has 94 valence electrons. The molecule has 0 radical (unpaired) electrons. The molecule has 0 aromatic carbocycles. The molecule has 0 bridgehead atoms. The van der Waals surface area contributed by atoms with E-state index < -0.39 is 21.1 Å². The highest BCUT2D eigenvalue weighted by Gasteiger charge is 2.22. The van der Waals surface area contributed by atoms with Crippen LogP contribution in [0.3, 0.4) is 0 Å². The third kappa shape index (κ3) is 4.52. The largest absolute Gasteiger partial charge is 0.481 e. The van der Waals surface area contributed by atoms with Gasteiger partial charge in [0.15, 0.2) is 9.84 Å². The van der Waals surface area contributed by atoms with Crippen LogP contribution in [0.1, 0.15) is 18.9 Å². The second kappa shape index (κ2) is 5.77. The number of aromatic nitrogens is 1. The van der Waals surface area contributed by atoms with Crippen LogP contribution in [0.15, 0.2) is 24.5 Å². The molecule has 0 amide bonds. The first kappa shape index (κ1) is 13.6. The van der Waals surface area contributed by atoms with Crippen LogP contribution in [0.5, 0.6) is 0 Å². The van der Waals surface area contributed by atoms with Gasteiger partial charge in [-0.05, 0) is 25.0 Å². The fraction of sp³-hybridized carbons (Fsp3) is 0.455. The van der Waals surface area contributed by atoms with Gasteiger partial charge in [0.05, 0.1) is 17.4 Å². The average molecular weight is 257 g/mol. The van der Waals surface area contributed by atoms with Crippen molar-refractivity contribution in [2.75, 3.05) is 5.75 Å². The predicted molar refractivity (Wildman–Crippen MR) is 63.4 cm³/mol. The van der Waals surface area contributed by atoms with Crippen molar-refractivity contribution in [3.8, 4) is 0 Å². The summed E-state index contributed by atoms with van der Waals surface area (Å²) in [5, 5.41) is 7.71. The highest BCUT2D eigenvalue weighted by atomic mass is 32.2. The summed E-state index contributed by atoms with van der Waals surface area (Å²) in [6.45, 7) is 1.42. The minimum atomic E-state index is -3.36. The molecule has 0 saturated carbocycles. The normalized spacial score (nSPS) is 13.2. The highest BCUT2D eigenvalue weighted by molar-refractivity contribution is 7.92. The standard InChI is InChI=1S/C11H15NO4S/c1-9(7-11(13)14)17(15,16)6-4-10-3-2-5-12-8-10/h2-3,5,8-9H,4,6-7H2,1H3,(H,13,14). The van der Waals surface area contributed by atoms with E-state index in [1.807, 2.05) is 0 Å². The van der Waals surface area contributed by atoms with Crippen molar-refractivity contribution in [1.82, 2.24) is 4.98 Å². The number of carbonyl (C=O) groups is 1. The SMILES string of the molecule is CC(CC(=O)O)S(=O)(=O)CCc1cccnc1. The summed E-state index contributed by atoms with van der Waals surface area (Å²) in [5.74, 6) is -1.14. The number of nitrogens with zero attached hydrogens (tertiary/aromatic N) is 1. The van der Waals surface area contributed by atoms with E-state index >= 15 is 0 Å². The first-order chi connectivity index (χ1) is 7.92. The molecule has 5 nitrogen and oxygen atoms in total. The van der Waals surface area contributed by atoms with E-state index in [9.17, 15) is 13.2 Å². The van der Waals surface area contributed by atoms with Crippen LogP contribution in [-0.2, 0) is 21.1 Å². The number of aryl methyl sites for hydroxylation is 1. The van der Waals surface area contributed by atoms with Crippen LogP contribution >= 0.6 is 0 Å². The number of carboxylic acid groups (broad SMARTS) is 1. The van der Waals surface area contributed by atoms with E-state index in [4.69, 9.17) is 5.11 Å². The van der Waals surface area contributed by atoms with Gasteiger partial charge in [-0.3, -0.25) is 9.78 Å².